The highest BCUT2D eigenvalue weighted by Crippen LogP contribution is 2.32. The normalized spacial score (nSPS) is 18.7. The molecule has 5 rings (SSSR count). The van der Waals surface area contributed by atoms with E-state index in [4.69, 9.17) is 9.47 Å². The summed E-state index contributed by atoms with van der Waals surface area (Å²) in [6.07, 6.45) is 3.31. The Bertz CT molecular complexity index is 1350. The maximum absolute atomic E-state index is 12.2. The van der Waals surface area contributed by atoms with Crippen molar-refractivity contribution in [3.63, 3.8) is 0 Å². The average molecular weight is 590 g/mol. The van der Waals surface area contributed by atoms with Crippen LogP contribution in [0.1, 0.15) is 51.1 Å². The molecule has 0 aliphatic carbocycles. The number of esters is 2. The summed E-state index contributed by atoms with van der Waals surface area (Å²) in [4.78, 5) is 54.0. The van der Waals surface area contributed by atoms with Gasteiger partial charge in [-0.25, -0.2) is 19.2 Å². The molecule has 3 N–H and O–H groups in total. The zero-order valence-corrected chi connectivity index (χ0v) is 24.1. The molecule has 3 heterocycles. The van der Waals surface area contributed by atoms with Gasteiger partial charge in [0.05, 0.1) is 23.0 Å². The number of hydrogen-bond donors (Lipinski definition) is 3. The van der Waals surface area contributed by atoms with Crippen LogP contribution in [0.25, 0.3) is 0 Å². The zero-order chi connectivity index (χ0) is 31.0. The minimum Gasteiger partial charge on any atom is -0.478 e. The van der Waals surface area contributed by atoms with Gasteiger partial charge in [0.25, 0.3) is 0 Å². The zero-order valence-electron chi connectivity index (χ0n) is 24.1. The van der Waals surface area contributed by atoms with Crippen LogP contribution in [-0.4, -0.2) is 76.5 Å². The summed E-state index contributed by atoms with van der Waals surface area (Å²) in [5.74, 6) is -5.62. The second-order valence-electron chi connectivity index (χ2n) is 10.8. The monoisotopic (exact) mass is 589 g/mol. The predicted molar refractivity (Wildman–Crippen MR) is 157 cm³/mol. The van der Waals surface area contributed by atoms with Crippen molar-refractivity contribution in [2.75, 3.05) is 24.5 Å². The van der Waals surface area contributed by atoms with Gasteiger partial charge in [-0.2, -0.15) is 0 Å². The number of ether oxygens (including phenoxy) is 2. The number of carbonyl (C=O) groups excluding carboxylic acids is 2. The van der Waals surface area contributed by atoms with Crippen molar-refractivity contribution in [2.24, 2.45) is 0 Å². The molecule has 1 aromatic heterocycles. The molecule has 226 valence electrons. The lowest BCUT2D eigenvalue weighted by atomic mass is 9.97. The molecule has 2 saturated heterocycles. The fraction of sp³-hybridized carbons (Fsp3) is 0.344. The minimum atomic E-state index is -2.22. The SMILES string of the molecule is Cc1ccc(C(=O)OC(C(=O)O)C(OC(=O)c2ccc(C)cc2)C(=O)O)cc1.c1cncc(N2CC[C@@]3(CCCN3)C2)c1. The maximum atomic E-state index is 12.2. The van der Waals surface area contributed by atoms with Crippen molar-refractivity contribution >= 4 is 29.6 Å². The highest BCUT2D eigenvalue weighted by atomic mass is 16.6. The van der Waals surface area contributed by atoms with Crippen LogP contribution in [0.3, 0.4) is 0 Å². The van der Waals surface area contributed by atoms with Gasteiger partial charge in [0.1, 0.15) is 0 Å². The number of carbonyl (C=O) groups is 4. The molecule has 2 aliphatic heterocycles. The number of pyridine rings is 1. The van der Waals surface area contributed by atoms with Gasteiger partial charge in [-0.05, 0) is 76.1 Å². The molecule has 2 fully saturated rings. The molecular formula is C32H35N3O8. The van der Waals surface area contributed by atoms with Gasteiger partial charge in [-0.15, -0.1) is 0 Å². The summed E-state index contributed by atoms with van der Waals surface area (Å²) in [6, 6.07) is 16.2. The largest absolute Gasteiger partial charge is 0.478 e. The van der Waals surface area contributed by atoms with Crippen LogP contribution < -0.4 is 10.2 Å². The highest BCUT2D eigenvalue weighted by molar-refractivity contribution is 5.95. The van der Waals surface area contributed by atoms with E-state index in [9.17, 15) is 29.4 Å². The Labute approximate surface area is 249 Å². The number of nitrogens with one attached hydrogen (secondary N) is 1. The van der Waals surface area contributed by atoms with Crippen molar-refractivity contribution in [3.8, 4) is 0 Å². The van der Waals surface area contributed by atoms with E-state index >= 15 is 0 Å². The van der Waals surface area contributed by atoms with E-state index in [2.05, 4.69) is 21.3 Å². The van der Waals surface area contributed by atoms with E-state index in [-0.39, 0.29) is 11.1 Å². The third-order valence-corrected chi connectivity index (χ3v) is 7.50. The van der Waals surface area contributed by atoms with Crippen LogP contribution in [0.4, 0.5) is 5.69 Å². The van der Waals surface area contributed by atoms with Gasteiger partial charge in [-0.1, -0.05) is 35.4 Å². The highest BCUT2D eigenvalue weighted by Gasteiger charge is 2.41. The summed E-state index contributed by atoms with van der Waals surface area (Å²) in [5.41, 5.74) is 3.47. The van der Waals surface area contributed by atoms with Crippen molar-refractivity contribution in [1.29, 1.82) is 0 Å². The van der Waals surface area contributed by atoms with Crippen molar-refractivity contribution < 1.29 is 38.9 Å². The molecule has 0 radical (unpaired) electrons. The lowest BCUT2D eigenvalue weighted by molar-refractivity contribution is -0.166. The second-order valence-corrected chi connectivity index (χ2v) is 10.8. The van der Waals surface area contributed by atoms with Crippen LogP contribution in [-0.2, 0) is 19.1 Å². The molecule has 2 aromatic carbocycles. The summed E-state index contributed by atoms with van der Waals surface area (Å²) in [6.45, 7) is 7.10. The number of rotatable bonds is 8. The second kappa shape index (κ2) is 13.9. The summed E-state index contributed by atoms with van der Waals surface area (Å²) < 4.78 is 9.64. The number of aryl methyl sites for hydroxylation is 2. The van der Waals surface area contributed by atoms with Gasteiger partial charge in [-0.3, -0.25) is 4.98 Å². The number of aromatic nitrogens is 1. The Kier molecular flexibility index (Phi) is 10.1. The van der Waals surface area contributed by atoms with Gasteiger partial charge in [0, 0.05) is 24.8 Å². The fourth-order valence-electron chi connectivity index (χ4n) is 5.08. The van der Waals surface area contributed by atoms with Crippen molar-refractivity contribution in [1.82, 2.24) is 10.3 Å². The molecule has 1 spiro atoms. The number of hydrogen-bond acceptors (Lipinski definition) is 9. The molecule has 11 nitrogen and oxygen atoms in total. The molecule has 11 heteroatoms. The van der Waals surface area contributed by atoms with E-state index in [1.54, 1.807) is 38.1 Å². The summed E-state index contributed by atoms with van der Waals surface area (Å²) in [7, 11) is 0. The number of benzene rings is 2. The van der Waals surface area contributed by atoms with E-state index < -0.39 is 36.1 Å². The predicted octanol–water partition coefficient (Wildman–Crippen LogP) is 3.64. The first-order valence-corrected chi connectivity index (χ1v) is 14.0. The third-order valence-electron chi connectivity index (χ3n) is 7.50. The standard InChI is InChI=1S/C20H18O8.C12H17N3/c1-11-3-7-13(8-4-11)19(25)27-15(17(21)22)16(18(23)24)28-20(26)14-9-5-12(2)6-10-14;1-3-11(9-13-6-1)15-8-5-12(10-15)4-2-7-14-12/h3-10,15-16H,1-2H3,(H,21,22)(H,23,24);1,3,6,9,14H,2,4-5,7-8,10H2/t;12-/m.0/s1. The van der Waals surface area contributed by atoms with Crippen LogP contribution in [0.2, 0.25) is 0 Å². The number of nitrogens with zero attached hydrogens (tertiary/aromatic N) is 2. The Morgan fingerprint density at radius 2 is 1.37 bits per heavy atom. The number of carboxylic acid groups (broad SMARTS) is 2. The molecule has 0 saturated carbocycles. The smallest absolute Gasteiger partial charge is 0.349 e. The topological polar surface area (TPSA) is 155 Å². The number of carboxylic acids is 2. The first-order valence-electron chi connectivity index (χ1n) is 14.0. The molecule has 43 heavy (non-hydrogen) atoms. The van der Waals surface area contributed by atoms with Gasteiger partial charge < -0.3 is 29.9 Å². The minimum absolute atomic E-state index is 0.0332. The van der Waals surface area contributed by atoms with E-state index in [1.807, 2.05) is 18.5 Å². The third kappa shape index (κ3) is 8.16. The molecule has 0 amide bonds. The molecule has 2 aliphatic rings. The van der Waals surface area contributed by atoms with Gasteiger partial charge in [0.2, 0.25) is 12.2 Å². The van der Waals surface area contributed by atoms with E-state index in [0.29, 0.717) is 5.54 Å². The van der Waals surface area contributed by atoms with E-state index in [0.717, 1.165) is 17.7 Å². The van der Waals surface area contributed by atoms with Gasteiger partial charge >= 0.3 is 23.9 Å². The van der Waals surface area contributed by atoms with Crippen LogP contribution in [0, 0.1) is 13.8 Å². The first kappa shape index (κ1) is 31.2. The summed E-state index contributed by atoms with van der Waals surface area (Å²) in [5, 5.41) is 22.3. The summed E-state index contributed by atoms with van der Waals surface area (Å²) >= 11 is 0. The Hall–Kier alpha value is -4.77. The Balaban J connectivity index is 0.000000234. The molecule has 3 atom stereocenters. The number of anilines is 1. The Morgan fingerprint density at radius 3 is 1.79 bits per heavy atom. The van der Waals surface area contributed by atoms with Crippen LogP contribution in [0.5, 0.6) is 0 Å². The van der Waals surface area contributed by atoms with Crippen molar-refractivity contribution in [3.05, 3.63) is 95.3 Å². The fourth-order valence-corrected chi connectivity index (χ4v) is 5.08. The van der Waals surface area contributed by atoms with Gasteiger partial charge in [0.15, 0.2) is 0 Å². The van der Waals surface area contributed by atoms with Crippen LogP contribution in [0.15, 0.2) is 73.1 Å². The Morgan fingerprint density at radius 1 is 0.837 bits per heavy atom. The number of aliphatic carboxylic acids is 2. The first-order chi connectivity index (χ1) is 20.6. The quantitative estimate of drug-likeness (QED) is 0.330. The lowest BCUT2D eigenvalue weighted by Gasteiger charge is -2.25. The molecule has 3 aromatic rings. The molecule has 2 unspecified atom stereocenters. The molecule has 0 bridgehead atoms. The maximum Gasteiger partial charge on any atom is 0.349 e. The van der Waals surface area contributed by atoms with Crippen LogP contribution >= 0.6 is 0 Å². The molecular weight excluding hydrogens is 554 g/mol. The van der Waals surface area contributed by atoms with E-state index in [1.165, 1.54) is 62.3 Å². The average Bonchev–Trinajstić information content (AvgIpc) is 3.65. The van der Waals surface area contributed by atoms with Crippen molar-refractivity contribution in [2.45, 2.75) is 50.9 Å². The lowest BCUT2D eigenvalue weighted by Crippen LogP contribution is -2.45.